The molecule has 172 valence electrons. The summed E-state index contributed by atoms with van der Waals surface area (Å²) in [6, 6.07) is 13.6. The van der Waals surface area contributed by atoms with Crippen LogP contribution in [0, 0.1) is 13.8 Å². The summed E-state index contributed by atoms with van der Waals surface area (Å²) in [5.41, 5.74) is 1.75. The number of ether oxygens (including phenoxy) is 1. The molecular weight excluding hydrogens is 468 g/mol. The Bertz CT molecular complexity index is 1290. The second-order valence-electron chi connectivity index (χ2n) is 7.21. The van der Waals surface area contributed by atoms with Crippen molar-refractivity contribution in [1.29, 1.82) is 0 Å². The number of hydrogen-bond donors (Lipinski definition) is 1. The lowest BCUT2D eigenvalue weighted by atomic mass is 10.2. The smallest absolute Gasteiger partial charge is 0.339 e. The Kier molecular flexibility index (Phi) is 7.35. The van der Waals surface area contributed by atoms with Crippen molar-refractivity contribution >= 4 is 39.3 Å². The minimum absolute atomic E-state index is 0.0319. The first kappa shape index (κ1) is 24.2. The first-order chi connectivity index (χ1) is 15.6. The molecule has 1 atom stereocenters. The lowest BCUT2D eigenvalue weighted by Crippen LogP contribution is -2.30. The molecule has 1 aromatic heterocycles. The maximum Gasteiger partial charge on any atom is 0.339 e. The molecule has 0 bridgehead atoms. The molecule has 3 rings (SSSR count). The second kappa shape index (κ2) is 10.0. The molecule has 0 aliphatic rings. The van der Waals surface area contributed by atoms with Gasteiger partial charge in [-0.05, 0) is 74.4 Å². The molecule has 1 amide bonds. The number of carbonyl (C=O) groups excluding carboxylic acids is 2. The van der Waals surface area contributed by atoms with Gasteiger partial charge >= 0.3 is 16.1 Å². The molecule has 1 unspecified atom stereocenters. The fourth-order valence-corrected chi connectivity index (χ4v) is 4.20. The number of nitrogens with one attached hydrogen (secondary N) is 1. The van der Waals surface area contributed by atoms with E-state index in [1.807, 2.05) is 0 Å². The van der Waals surface area contributed by atoms with E-state index in [9.17, 15) is 18.0 Å². The molecule has 0 fully saturated rings. The summed E-state index contributed by atoms with van der Waals surface area (Å²) < 4.78 is 35.6. The van der Waals surface area contributed by atoms with E-state index < -0.39 is 28.1 Å². The molecule has 33 heavy (non-hydrogen) atoms. The number of aromatic nitrogens is 1. The van der Waals surface area contributed by atoms with Gasteiger partial charge in [-0.15, -0.1) is 0 Å². The van der Waals surface area contributed by atoms with Crippen molar-refractivity contribution in [2.75, 3.05) is 5.32 Å². The third-order valence-electron chi connectivity index (χ3n) is 4.58. The number of carbonyl (C=O) groups is 2. The number of benzene rings is 2. The number of pyridine rings is 1. The van der Waals surface area contributed by atoms with Crippen LogP contribution in [-0.2, 0) is 19.6 Å². The van der Waals surface area contributed by atoms with Gasteiger partial charge in [-0.2, -0.15) is 8.42 Å². The van der Waals surface area contributed by atoms with Crippen LogP contribution in [0.1, 0.15) is 28.4 Å². The summed E-state index contributed by atoms with van der Waals surface area (Å²) in [6.07, 6.45) is 0.358. The highest BCUT2D eigenvalue weighted by Gasteiger charge is 2.22. The quantitative estimate of drug-likeness (QED) is 0.299. The molecule has 3 aromatic rings. The van der Waals surface area contributed by atoms with E-state index in [4.69, 9.17) is 20.5 Å². The van der Waals surface area contributed by atoms with E-state index >= 15 is 0 Å². The van der Waals surface area contributed by atoms with Gasteiger partial charge in [0, 0.05) is 6.20 Å². The predicted molar refractivity (Wildman–Crippen MR) is 123 cm³/mol. The van der Waals surface area contributed by atoms with Crippen LogP contribution in [0.2, 0.25) is 5.15 Å². The minimum atomic E-state index is -4.05. The monoisotopic (exact) mass is 488 g/mol. The van der Waals surface area contributed by atoms with E-state index in [-0.39, 0.29) is 21.4 Å². The molecule has 10 heteroatoms. The first-order valence-corrected chi connectivity index (χ1v) is 11.6. The van der Waals surface area contributed by atoms with E-state index in [0.29, 0.717) is 11.3 Å². The highest BCUT2D eigenvalue weighted by Crippen LogP contribution is 2.23. The minimum Gasteiger partial charge on any atom is -0.449 e. The van der Waals surface area contributed by atoms with Gasteiger partial charge in [-0.25, -0.2) is 9.78 Å². The number of aryl methyl sites for hydroxylation is 2. The van der Waals surface area contributed by atoms with Crippen LogP contribution >= 0.6 is 11.6 Å². The number of rotatable bonds is 7. The summed E-state index contributed by atoms with van der Waals surface area (Å²) in [7, 11) is -4.05. The van der Waals surface area contributed by atoms with Crippen molar-refractivity contribution < 1.29 is 26.9 Å². The predicted octanol–water partition coefficient (Wildman–Crippen LogP) is 4.30. The fourth-order valence-electron chi connectivity index (χ4n) is 2.79. The van der Waals surface area contributed by atoms with Crippen molar-refractivity contribution in [1.82, 2.24) is 4.98 Å². The van der Waals surface area contributed by atoms with Crippen LogP contribution in [0.3, 0.4) is 0 Å². The molecule has 0 radical (unpaired) electrons. The summed E-state index contributed by atoms with van der Waals surface area (Å²) in [5, 5.41) is 2.64. The second-order valence-corrected chi connectivity index (χ2v) is 9.08. The normalized spacial score (nSPS) is 12.0. The summed E-state index contributed by atoms with van der Waals surface area (Å²) in [6.45, 7) is 4.87. The SMILES string of the molecule is Cc1ccc(C)c(S(=O)(=O)Oc2ccc(C(=O)OC(C)C(=O)Nc3cccnc3Cl)cc2)c1. The van der Waals surface area contributed by atoms with Crippen LogP contribution < -0.4 is 9.50 Å². The van der Waals surface area contributed by atoms with Gasteiger partial charge in [0.1, 0.15) is 10.6 Å². The number of amides is 1. The van der Waals surface area contributed by atoms with Crippen LogP contribution in [0.15, 0.2) is 65.7 Å². The largest absolute Gasteiger partial charge is 0.449 e. The van der Waals surface area contributed by atoms with Crippen molar-refractivity contribution in [2.45, 2.75) is 31.8 Å². The van der Waals surface area contributed by atoms with Gasteiger partial charge in [-0.1, -0.05) is 23.7 Å². The molecule has 1 heterocycles. The standard InChI is InChI=1S/C23H21ClN2O6S/c1-14-6-7-15(2)20(13-14)33(29,30)32-18-10-8-17(9-11-18)23(28)31-16(3)22(27)26-19-5-4-12-25-21(19)24/h4-13,16H,1-3H3,(H,26,27). The molecule has 0 saturated heterocycles. The summed E-state index contributed by atoms with van der Waals surface area (Å²) in [5.74, 6) is -1.32. The Morgan fingerprint density at radius 1 is 1.06 bits per heavy atom. The van der Waals surface area contributed by atoms with Crippen LogP contribution in [0.4, 0.5) is 5.69 Å². The Balaban J connectivity index is 1.64. The van der Waals surface area contributed by atoms with Crippen LogP contribution in [-0.4, -0.2) is 31.4 Å². The number of esters is 1. The third-order valence-corrected chi connectivity index (χ3v) is 6.27. The molecule has 8 nitrogen and oxygen atoms in total. The Labute approximate surface area is 196 Å². The van der Waals surface area contributed by atoms with Crippen molar-refractivity contribution in [2.24, 2.45) is 0 Å². The number of hydrogen-bond acceptors (Lipinski definition) is 7. The van der Waals surface area contributed by atoms with Gasteiger partial charge in [0.2, 0.25) is 0 Å². The van der Waals surface area contributed by atoms with Gasteiger partial charge in [0.05, 0.1) is 11.3 Å². The zero-order valence-electron chi connectivity index (χ0n) is 18.0. The summed E-state index contributed by atoms with van der Waals surface area (Å²) in [4.78, 5) is 28.6. The number of anilines is 1. The van der Waals surface area contributed by atoms with Crippen LogP contribution in [0.25, 0.3) is 0 Å². The maximum absolute atomic E-state index is 12.6. The molecule has 0 saturated carbocycles. The van der Waals surface area contributed by atoms with Gasteiger partial charge < -0.3 is 14.2 Å². The average Bonchev–Trinajstić information content (AvgIpc) is 2.77. The van der Waals surface area contributed by atoms with Gasteiger partial charge in [0.15, 0.2) is 11.3 Å². The number of halogens is 1. The molecule has 0 spiro atoms. The Hall–Kier alpha value is -3.43. The van der Waals surface area contributed by atoms with E-state index in [1.54, 1.807) is 38.1 Å². The summed E-state index contributed by atoms with van der Waals surface area (Å²) >= 11 is 5.90. The highest BCUT2D eigenvalue weighted by molar-refractivity contribution is 7.87. The first-order valence-electron chi connectivity index (χ1n) is 9.81. The van der Waals surface area contributed by atoms with Gasteiger partial charge in [0.25, 0.3) is 5.91 Å². The molecule has 0 aliphatic heterocycles. The topological polar surface area (TPSA) is 112 Å². The lowest BCUT2D eigenvalue weighted by molar-refractivity contribution is -0.123. The number of nitrogens with zero attached hydrogens (tertiary/aromatic N) is 1. The Morgan fingerprint density at radius 3 is 2.42 bits per heavy atom. The maximum atomic E-state index is 12.6. The van der Waals surface area contributed by atoms with Crippen molar-refractivity contribution in [3.05, 3.63) is 82.6 Å². The van der Waals surface area contributed by atoms with E-state index in [1.165, 1.54) is 43.5 Å². The van der Waals surface area contributed by atoms with Crippen molar-refractivity contribution in [3.8, 4) is 5.75 Å². The van der Waals surface area contributed by atoms with Crippen molar-refractivity contribution in [3.63, 3.8) is 0 Å². The van der Waals surface area contributed by atoms with E-state index in [0.717, 1.165) is 5.56 Å². The fraction of sp³-hybridized carbons (Fsp3) is 0.174. The average molecular weight is 489 g/mol. The van der Waals surface area contributed by atoms with Gasteiger partial charge in [-0.3, -0.25) is 4.79 Å². The zero-order valence-corrected chi connectivity index (χ0v) is 19.6. The molecule has 1 N–H and O–H groups in total. The van der Waals surface area contributed by atoms with E-state index in [2.05, 4.69) is 10.3 Å². The van der Waals surface area contributed by atoms with Crippen LogP contribution in [0.5, 0.6) is 5.75 Å². The third kappa shape index (κ3) is 6.09. The highest BCUT2D eigenvalue weighted by atomic mass is 35.5. The zero-order chi connectivity index (χ0) is 24.2. The molecule has 0 aliphatic carbocycles. The lowest BCUT2D eigenvalue weighted by Gasteiger charge is -2.14. The molecular formula is C23H21ClN2O6S. The Morgan fingerprint density at radius 2 is 1.76 bits per heavy atom. The molecule has 2 aromatic carbocycles.